The molecule has 0 saturated carbocycles. The van der Waals surface area contributed by atoms with Gasteiger partial charge in [0.25, 0.3) is 0 Å². The molecule has 21 heavy (non-hydrogen) atoms. The molecule has 0 atom stereocenters. The van der Waals surface area contributed by atoms with Crippen LogP contribution in [-0.4, -0.2) is 30.9 Å². The molecular formula is C15H16BNO4. The van der Waals surface area contributed by atoms with Gasteiger partial charge in [0.05, 0.1) is 5.68 Å². The molecule has 0 bridgehead atoms. The highest BCUT2D eigenvalue weighted by Crippen LogP contribution is 2.21. The van der Waals surface area contributed by atoms with Crippen LogP contribution in [0.2, 0.25) is 0 Å². The molecule has 1 rings (SSSR count). The van der Waals surface area contributed by atoms with E-state index in [1.807, 2.05) is 0 Å². The van der Waals surface area contributed by atoms with Gasteiger partial charge in [-0.1, -0.05) is 18.2 Å². The van der Waals surface area contributed by atoms with Crippen molar-refractivity contribution in [2.75, 3.05) is 0 Å². The van der Waals surface area contributed by atoms with Crippen LogP contribution in [0.25, 0.3) is 6.08 Å². The van der Waals surface area contributed by atoms with Crippen LogP contribution in [-0.2, 0) is 14.4 Å². The van der Waals surface area contributed by atoms with Crippen molar-refractivity contribution in [1.82, 2.24) is 5.32 Å². The maximum atomic E-state index is 12.1. The highest BCUT2D eigenvalue weighted by Gasteiger charge is 2.30. The molecular weight excluding hydrogens is 269 g/mol. The minimum atomic E-state index is -1.16. The fraction of sp³-hybridized carbons (Fsp3) is 0.267. The molecule has 1 N–H and O–H groups in total. The highest BCUT2D eigenvalue weighted by atomic mass is 16.5. The average Bonchev–Trinajstić information content (AvgIpc) is 2.36. The van der Waals surface area contributed by atoms with E-state index in [-0.39, 0.29) is 11.7 Å². The van der Waals surface area contributed by atoms with Crippen molar-refractivity contribution in [3.8, 4) is 5.75 Å². The molecule has 108 valence electrons. The fourth-order valence-corrected chi connectivity index (χ4v) is 1.60. The summed E-state index contributed by atoms with van der Waals surface area (Å²) in [6.45, 7) is 4.40. The van der Waals surface area contributed by atoms with Gasteiger partial charge in [-0.05, 0) is 32.1 Å². The van der Waals surface area contributed by atoms with Gasteiger partial charge in [0.2, 0.25) is 5.91 Å². The number of esters is 1. The van der Waals surface area contributed by atoms with E-state index in [1.54, 1.807) is 38.1 Å². The van der Waals surface area contributed by atoms with Crippen LogP contribution < -0.4 is 10.1 Å². The molecule has 5 nitrogen and oxygen atoms in total. The zero-order chi connectivity index (χ0) is 16.0. The van der Waals surface area contributed by atoms with Gasteiger partial charge in [0, 0.05) is 12.5 Å². The predicted octanol–water partition coefficient (Wildman–Crippen LogP) is 1.21. The smallest absolute Gasteiger partial charge is 0.336 e. The summed E-state index contributed by atoms with van der Waals surface area (Å²) in [7, 11) is 5.03. The number of benzene rings is 1. The minimum absolute atomic E-state index is 0.276. The third-order valence-electron chi connectivity index (χ3n) is 2.55. The average molecular weight is 285 g/mol. The first-order chi connectivity index (χ1) is 9.72. The molecule has 0 aliphatic carbocycles. The summed E-state index contributed by atoms with van der Waals surface area (Å²) in [5.74, 6) is -0.671. The first kappa shape index (κ1) is 16.7. The summed E-state index contributed by atoms with van der Waals surface area (Å²) in [6.07, 6.45) is 2.63. The molecule has 0 fully saturated rings. The van der Waals surface area contributed by atoms with Gasteiger partial charge < -0.3 is 14.8 Å². The Labute approximate surface area is 124 Å². The number of hydrogen-bond donors (Lipinski definition) is 1. The maximum Gasteiger partial charge on any atom is 0.336 e. The van der Waals surface area contributed by atoms with Crippen molar-refractivity contribution in [1.29, 1.82) is 0 Å². The molecule has 0 spiro atoms. The molecule has 0 heterocycles. The molecule has 6 heteroatoms. The summed E-state index contributed by atoms with van der Waals surface area (Å²) in [4.78, 5) is 34.0. The standard InChI is InChI=1S/C15H16BNO4/c1-10(18)17-15(2,3)14(20)21-12-7-5-4-6-11(12)8-9-13(16)19/h4-9H,1-3H3,(H,17,18)/b9-8+. The lowest BCUT2D eigenvalue weighted by molar-refractivity contribution is -0.143. The fourth-order valence-electron chi connectivity index (χ4n) is 1.60. The van der Waals surface area contributed by atoms with E-state index >= 15 is 0 Å². The Morgan fingerprint density at radius 2 is 1.86 bits per heavy atom. The van der Waals surface area contributed by atoms with Crippen molar-refractivity contribution < 1.29 is 19.1 Å². The first-order valence-electron chi connectivity index (χ1n) is 6.30. The Bertz CT molecular complexity index is 593. The van der Waals surface area contributed by atoms with Crippen LogP contribution in [0.3, 0.4) is 0 Å². The van der Waals surface area contributed by atoms with Crippen LogP contribution in [0.15, 0.2) is 30.3 Å². The van der Waals surface area contributed by atoms with E-state index in [2.05, 4.69) is 5.32 Å². The number of amides is 1. The lowest BCUT2D eigenvalue weighted by Gasteiger charge is -2.23. The zero-order valence-electron chi connectivity index (χ0n) is 12.2. The topological polar surface area (TPSA) is 72.5 Å². The minimum Gasteiger partial charge on any atom is -0.424 e. The molecule has 1 amide bonds. The summed E-state index contributed by atoms with van der Waals surface area (Å²) in [5.41, 5.74) is -1.23. The third kappa shape index (κ3) is 5.26. The van der Waals surface area contributed by atoms with E-state index in [4.69, 9.17) is 12.6 Å². The largest absolute Gasteiger partial charge is 0.424 e. The van der Waals surface area contributed by atoms with Crippen LogP contribution >= 0.6 is 0 Å². The van der Waals surface area contributed by atoms with Gasteiger partial charge in [-0.25, -0.2) is 4.79 Å². The Morgan fingerprint density at radius 1 is 1.24 bits per heavy atom. The number of para-hydroxylation sites is 1. The number of carbonyl (C=O) groups is 3. The lowest BCUT2D eigenvalue weighted by atomic mass is 10.0. The van der Waals surface area contributed by atoms with Crippen LogP contribution in [0, 0.1) is 0 Å². The summed E-state index contributed by atoms with van der Waals surface area (Å²) < 4.78 is 5.29. The van der Waals surface area contributed by atoms with Gasteiger partial charge in [-0.3, -0.25) is 4.79 Å². The van der Waals surface area contributed by atoms with E-state index in [0.29, 0.717) is 5.56 Å². The first-order valence-corrected chi connectivity index (χ1v) is 6.30. The van der Waals surface area contributed by atoms with Gasteiger partial charge >= 0.3 is 5.97 Å². The van der Waals surface area contributed by atoms with Crippen LogP contribution in [0.4, 0.5) is 0 Å². The Morgan fingerprint density at radius 3 is 2.43 bits per heavy atom. The van der Waals surface area contributed by atoms with Gasteiger partial charge in [0.15, 0.2) is 7.85 Å². The Balaban J connectivity index is 2.95. The van der Waals surface area contributed by atoms with Crippen LogP contribution in [0.1, 0.15) is 26.3 Å². The second-order valence-corrected chi connectivity index (χ2v) is 4.97. The molecule has 0 unspecified atom stereocenters. The molecule has 0 aliphatic heterocycles. The number of hydrogen-bond acceptors (Lipinski definition) is 4. The van der Waals surface area contributed by atoms with E-state index < -0.39 is 17.2 Å². The van der Waals surface area contributed by atoms with Crippen LogP contribution in [0.5, 0.6) is 5.75 Å². The van der Waals surface area contributed by atoms with Gasteiger partial charge in [0.1, 0.15) is 11.3 Å². The van der Waals surface area contributed by atoms with Crippen molar-refractivity contribution in [3.63, 3.8) is 0 Å². The highest BCUT2D eigenvalue weighted by molar-refractivity contribution is 6.61. The molecule has 1 aromatic rings. The number of nitrogens with one attached hydrogen (secondary N) is 1. The monoisotopic (exact) mass is 285 g/mol. The number of rotatable bonds is 5. The second-order valence-electron chi connectivity index (χ2n) is 4.97. The van der Waals surface area contributed by atoms with Gasteiger partial charge in [-0.2, -0.15) is 0 Å². The summed E-state index contributed by atoms with van der Waals surface area (Å²) in [5, 5.41) is 2.50. The number of ether oxygens (including phenoxy) is 1. The zero-order valence-corrected chi connectivity index (χ0v) is 12.2. The van der Waals surface area contributed by atoms with E-state index in [1.165, 1.54) is 19.1 Å². The SMILES string of the molecule is [B]C(=O)/C=C/c1ccccc1OC(=O)C(C)(C)NC(C)=O. The summed E-state index contributed by atoms with van der Waals surface area (Å²) in [6, 6.07) is 6.68. The van der Waals surface area contributed by atoms with Crippen molar-refractivity contribution in [3.05, 3.63) is 35.9 Å². The molecule has 1 aromatic carbocycles. The molecule has 0 saturated heterocycles. The molecule has 2 radical (unpaired) electrons. The van der Waals surface area contributed by atoms with Crippen molar-refractivity contribution in [2.24, 2.45) is 0 Å². The van der Waals surface area contributed by atoms with E-state index in [0.717, 1.165) is 0 Å². The molecule has 0 aromatic heterocycles. The van der Waals surface area contributed by atoms with E-state index in [9.17, 15) is 14.4 Å². The predicted molar refractivity (Wildman–Crippen MR) is 79.8 cm³/mol. The molecule has 0 aliphatic rings. The number of carbonyl (C=O) groups excluding carboxylic acids is 3. The van der Waals surface area contributed by atoms with Crippen molar-refractivity contribution >= 4 is 31.5 Å². The summed E-state index contributed by atoms with van der Waals surface area (Å²) >= 11 is 0. The lowest BCUT2D eigenvalue weighted by Crippen LogP contribution is -2.51. The second kappa shape index (κ2) is 6.88. The Kier molecular flexibility index (Phi) is 5.47. The quantitative estimate of drug-likeness (QED) is 0.382. The maximum absolute atomic E-state index is 12.1. The number of allylic oxidation sites excluding steroid dienone is 1. The van der Waals surface area contributed by atoms with Crippen molar-refractivity contribution in [2.45, 2.75) is 26.3 Å². The third-order valence-corrected chi connectivity index (χ3v) is 2.55. The van der Waals surface area contributed by atoms with Gasteiger partial charge in [-0.15, -0.1) is 0 Å². The normalized spacial score (nSPS) is 11.2. The Hall–Kier alpha value is -2.37.